The van der Waals surface area contributed by atoms with E-state index in [1.54, 1.807) is 48.6 Å². The van der Waals surface area contributed by atoms with Crippen LogP contribution in [0.15, 0.2) is 107 Å². The number of alkyl halides is 6. The van der Waals surface area contributed by atoms with Crippen LogP contribution in [0.3, 0.4) is 0 Å². The van der Waals surface area contributed by atoms with Gasteiger partial charge in [-0.05, 0) is 0 Å². The zero-order valence-corrected chi connectivity index (χ0v) is 23.5. The van der Waals surface area contributed by atoms with Crippen molar-refractivity contribution in [3.8, 4) is 11.5 Å². The molecule has 39 heavy (non-hydrogen) atoms. The monoisotopic (exact) mass is 670 g/mol. The van der Waals surface area contributed by atoms with Gasteiger partial charge in [0, 0.05) is 0 Å². The predicted octanol–water partition coefficient (Wildman–Crippen LogP) is 6.54. The zero-order valence-electron chi connectivity index (χ0n) is 19.4. The van der Waals surface area contributed by atoms with Crippen LogP contribution >= 0.6 is 0 Å². The van der Waals surface area contributed by atoms with Crippen molar-refractivity contribution in [1.29, 1.82) is 0 Å². The Morgan fingerprint density at radius 2 is 0.821 bits per heavy atom. The van der Waals surface area contributed by atoms with E-state index in [-0.39, 0.29) is 11.5 Å². The summed E-state index contributed by atoms with van der Waals surface area (Å²) < 4.78 is 137. The fraction of sp³-hybridized carbons (Fsp3) is 0.167. The molecule has 2 aliphatic rings. The van der Waals surface area contributed by atoms with Crippen molar-refractivity contribution in [1.82, 2.24) is 0 Å². The Bertz CT molecular complexity index is 1410. The van der Waals surface area contributed by atoms with E-state index in [0.29, 0.717) is 0 Å². The van der Waals surface area contributed by atoms with E-state index in [4.69, 9.17) is 5.63 Å². The molecule has 6 nitrogen and oxygen atoms in total. The van der Waals surface area contributed by atoms with Crippen LogP contribution in [0.5, 0.6) is 11.5 Å². The van der Waals surface area contributed by atoms with E-state index in [9.17, 15) is 43.2 Å². The van der Waals surface area contributed by atoms with Crippen molar-refractivity contribution in [2.24, 2.45) is 0 Å². The Kier molecular flexibility index (Phi) is 7.83. The van der Waals surface area contributed by atoms with Gasteiger partial charge >= 0.3 is 226 Å². The summed E-state index contributed by atoms with van der Waals surface area (Å²) in [4.78, 5) is -1.96. The molecule has 0 atom stereocenters. The zero-order chi connectivity index (χ0) is 28.7. The third-order valence-electron chi connectivity index (χ3n) is 5.86. The molecular weight excluding hydrogens is 654 g/mol. The molecule has 2 aromatic rings. The molecule has 208 valence electrons. The number of rotatable bonds is 8. The van der Waals surface area contributed by atoms with E-state index in [0.717, 1.165) is 48.5 Å². The van der Waals surface area contributed by atoms with Crippen molar-refractivity contribution < 1.29 is 70.0 Å². The average molecular weight is 672 g/mol. The Labute approximate surface area is 225 Å². The molecular formula is C24H18F6O6S2Zr. The number of halogens is 6. The summed E-state index contributed by atoms with van der Waals surface area (Å²) in [5.41, 5.74) is -11.0. The van der Waals surface area contributed by atoms with Crippen molar-refractivity contribution >= 4 is 19.7 Å². The van der Waals surface area contributed by atoms with Crippen molar-refractivity contribution in [2.75, 3.05) is 0 Å². The van der Waals surface area contributed by atoms with Crippen LogP contribution in [-0.4, -0.2) is 27.9 Å². The maximum absolute atomic E-state index is 12.9. The fourth-order valence-electron chi connectivity index (χ4n) is 3.92. The van der Waals surface area contributed by atoms with E-state index in [2.05, 4.69) is 0 Å². The molecule has 0 N–H and O–H groups in total. The Morgan fingerprint density at radius 1 is 0.538 bits per heavy atom. The first-order valence-corrected chi connectivity index (χ1v) is 18.8. The van der Waals surface area contributed by atoms with E-state index >= 15 is 0 Å². The number of hydrogen-bond donors (Lipinski definition) is 0. The SMILES string of the molecule is O=S(=O)(c1ccc([O][Zr]([O]c2ccc(S(=O)(=O)C(F)(F)F)cc2)([CH]2C=CC=C2)[CH]2C=CC=C2)cc1)C(F)(F)F. The van der Waals surface area contributed by atoms with Crippen LogP contribution < -0.4 is 5.63 Å². The van der Waals surface area contributed by atoms with Crippen LogP contribution in [0, 0.1) is 0 Å². The van der Waals surface area contributed by atoms with Crippen LogP contribution in [0.25, 0.3) is 0 Å². The molecule has 0 heterocycles. The van der Waals surface area contributed by atoms with Crippen molar-refractivity contribution in [3.05, 3.63) is 97.1 Å². The molecule has 0 unspecified atom stereocenters. The molecule has 0 fully saturated rings. The molecule has 0 bridgehead atoms. The Hall–Kier alpha value is -2.64. The number of benzene rings is 2. The van der Waals surface area contributed by atoms with Gasteiger partial charge in [-0.3, -0.25) is 0 Å². The summed E-state index contributed by atoms with van der Waals surface area (Å²) in [6, 6.07) is 7.29. The van der Waals surface area contributed by atoms with Crippen LogP contribution in [-0.2, 0) is 40.8 Å². The van der Waals surface area contributed by atoms with Gasteiger partial charge in [-0.2, -0.15) is 0 Å². The molecule has 0 aliphatic heterocycles. The predicted molar refractivity (Wildman–Crippen MR) is 125 cm³/mol. The Morgan fingerprint density at radius 3 is 1.08 bits per heavy atom. The Balaban J connectivity index is 1.74. The average Bonchev–Trinajstić information content (AvgIpc) is 3.58. The molecule has 0 spiro atoms. The van der Waals surface area contributed by atoms with Crippen molar-refractivity contribution in [3.63, 3.8) is 0 Å². The fourth-order valence-corrected chi connectivity index (χ4v) is 14.2. The molecule has 4 rings (SSSR count). The summed E-state index contributed by atoms with van der Waals surface area (Å²) in [5.74, 6) is 0.0381. The number of sulfone groups is 2. The molecule has 0 radical (unpaired) electrons. The van der Waals surface area contributed by atoms with Gasteiger partial charge in [0.1, 0.15) is 0 Å². The number of hydrogen-bond acceptors (Lipinski definition) is 6. The van der Waals surface area contributed by atoms with E-state index < -0.39 is 68.9 Å². The van der Waals surface area contributed by atoms with Crippen molar-refractivity contribution in [2.45, 2.75) is 28.1 Å². The van der Waals surface area contributed by atoms with Crippen LogP contribution in [0.4, 0.5) is 26.3 Å². The standard InChI is InChI=1S/2C7H5F3O3S.2C5H5.Zr/c2*8-7(9,10)14(12,13)6-3-1-5(11)2-4-6;2*1-2-4-5-3-1;/h2*1-4,11H;2*1-5H;/q;;;;+2/p-2. The molecule has 0 aromatic heterocycles. The van der Waals surface area contributed by atoms with E-state index in [1.165, 1.54) is 0 Å². The van der Waals surface area contributed by atoms with Gasteiger partial charge in [0.2, 0.25) is 0 Å². The minimum atomic E-state index is -5.59. The van der Waals surface area contributed by atoms with Gasteiger partial charge in [0.25, 0.3) is 0 Å². The second kappa shape index (κ2) is 10.4. The molecule has 0 saturated carbocycles. The minimum absolute atomic E-state index is 0.0191. The first kappa shape index (κ1) is 29.3. The van der Waals surface area contributed by atoms with Gasteiger partial charge in [-0.1, -0.05) is 0 Å². The third kappa shape index (κ3) is 5.66. The van der Waals surface area contributed by atoms with Crippen LogP contribution in [0.2, 0.25) is 7.25 Å². The maximum atomic E-state index is 12.9. The summed E-state index contributed by atoms with van der Waals surface area (Å²) in [6.07, 6.45) is 14.0. The van der Waals surface area contributed by atoms with Gasteiger partial charge in [0.05, 0.1) is 0 Å². The second-order valence-corrected chi connectivity index (χ2v) is 20.1. The van der Waals surface area contributed by atoms with Gasteiger partial charge in [-0.15, -0.1) is 0 Å². The summed E-state index contributed by atoms with van der Waals surface area (Å²) in [5, 5.41) is 0. The summed E-state index contributed by atoms with van der Waals surface area (Å²) >= 11 is -4.72. The molecule has 2 aromatic carbocycles. The number of allylic oxidation sites excluding steroid dienone is 8. The topological polar surface area (TPSA) is 86.7 Å². The van der Waals surface area contributed by atoms with Gasteiger partial charge in [0.15, 0.2) is 0 Å². The summed E-state index contributed by atoms with van der Waals surface area (Å²) in [6.45, 7) is 0. The first-order chi connectivity index (χ1) is 18.1. The van der Waals surface area contributed by atoms with Gasteiger partial charge in [-0.25, -0.2) is 0 Å². The molecule has 2 aliphatic carbocycles. The molecule has 0 saturated heterocycles. The van der Waals surface area contributed by atoms with Crippen LogP contribution in [0.1, 0.15) is 0 Å². The quantitative estimate of drug-likeness (QED) is 0.296. The third-order valence-corrected chi connectivity index (χ3v) is 18.0. The molecule has 15 heteroatoms. The van der Waals surface area contributed by atoms with E-state index in [1.807, 2.05) is 0 Å². The summed E-state index contributed by atoms with van der Waals surface area (Å²) in [7, 11) is -11.2. The molecule has 0 amide bonds. The van der Waals surface area contributed by atoms with Gasteiger partial charge < -0.3 is 0 Å². The first-order valence-electron chi connectivity index (χ1n) is 11.0. The normalized spacial score (nSPS) is 16.8. The second-order valence-electron chi connectivity index (χ2n) is 8.36.